The van der Waals surface area contributed by atoms with Crippen LogP contribution in [-0.4, -0.2) is 27.9 Å². The van der Waals surface area contributed by atoms with Crippen LogP contribution in [0.4, 0.5) is 0 Å². The highest BCUT2D eigenvalue weighted by atomic mass is 35.5. The summed E-state index contributed by atoms with van der Waals surface area (Å²) >= 11 is 0. The van der Waals surface area contributed by atoms with Crippen LogP contribution in [0, 0.1) is 5.92 Å². The SMILES string of the molecule is COc1cc(CNCCC(C)C)cc(OC)c1OC.Cl. The van der Waals surface area contributed by atoms with Crippen LogP contribution < -0.4 is 19.5 Å². The number of hydrogen-bond donors (Lipinski definition) is 1. The van der Waals surface area contributed by atoms with Gasteiger partial charge in [-0.2, -0.15) is 0 Å². The van der Waals surface area contributed by atoms with E-state index in [1.165, 1.54) is 6.42 Å². The first-order valence-electron chi connectivity index (χ1n) is 6.62. The van der Waals surface area contributed by atoms with Gasteiger partial charge in [0, 0.05) is 6.54 Å². The highest BCUT2D eigenvalue weighted by Crippen LogP contribution is 2.38. The summed E-state index contributed by atoms with van der Waals surface area (Å²) in [5, 5.41) is 3.42. The zero-order valence-electron chi connectivity index (χ0n) is 13.0. The van der Waals surface area contributed by atoms with E-state index in [2.05, 4.69) is 19.2 Å². The lowest BCUT2D eigenvalue weighted by molar-refractivity contribution is 0.323. The van der Waals surface area contributed by atoms with Crippen molar-refractivity contribution in [1.82, 2.24) is 5.32 Å². The predicted molar refractivity (Wildman–Crippen MR) is 84.5 cm³/mol. The molecule has 1 rings (SSSR count). The minimum atomic E-state index is 0. The summed E-state index contributed by atoms with van der Waals surface area (Å²) in [5.41, 5.74) is 1.12. The molecule has 0 spiro atoms. The van der Waals surface area contributed by atoms with Crippen LogP contribution in [0.5, 0.6) is 17.2 Å². The number of ether oxygens (including phenoxy) is 3. The molecule has 0 aliphatic carbocycles. The first kappa shape index (κ1) is 18.9. The van der Waals surface area contributed by atoms with Crippen LogP contribution in [0.25, 0.3) is 0 Å². The van der Waals surface area contributed by atoms with Gasteiger partial charge in [-0.05, 0) is 36.6 Å². The zero-order chi connectivity index (χ0) is 14.3. The standard InChI is InChI=1S/C15H25NO3.ClH/c1-11(2)6-7-16-10-12-8-13(17-3)15(19-5)14(9-12)18-4;/h8-9,11,16H,6-7,10H2,1-5H3;1H. The Hall–Kier alpha value is -1.13. The molecule has 5 heteroatoms. The van der Waals surface area contributed by atoms with Crippen molar-refractivity contribution >= 4 is 12.4 Å². The third-order valence-corrected chi connectivity index (χ3v) is 2.95. The monoisotopic (exact) mass is 303 g/mol. The summed E-state index contributed by atoms with van der Waals surface area (Å²) in [6, 6.07) is 3.95. The van der Waals surface area contributed by atoms with Crippen LogP contribution in [0.2, 0.25) is 0 Å². The average molecular weight is 304 g/mol. The number of rotatable bonds is 8. The molecule has 0 saturated heterocycles. The van der Waals surface area contributed by atoms with Crippen LogP contribution in [0.15, 0.2) is 12.1 Å². The van der Waals surface area contributed by atoms with Gasteiger partial charge in [-0.3, -0.25) is 0 Å². The average Bonchev–Trinajstić information content (AvgIpc) is 2.42. The Balaban J connectivity index is 0.00000361. The van der Waals surface area contributed by atoms with E-state index in [9.17, 15) is 0 Å². The quantitative estimate of drug-likeness (QED) is 0.748. The molecule has 1 N–H and O–H groups in total. The molecule has 1 aromatic carbocycles. The van der Waals surface area contributed by atoms with Gasteiger partial charge in [0.15, 0.2) is 11.5 Å². The summed E-state index contributed by atoms with van der Waals surface area (Å²) in [5.74, 6) is 2.74. The molecule has 0 aromatic heterocycles. The second-order valence-electron chi connectivity index (χ2n) is 4.89. The normalized spacial score (nSPS) is 10.1. The lowest BCUT2D eigenvalue weighted by Crippen LogP contribution is -2.16. The third kappa shape index (κ3) is 5.47. The zero-order valence-corrected chi connectivity index (χ0v) is 13.8. The molecular formula is C15H26ClNO3. The van der Waals surface area contributed by atoms with Gasteiger partial charge >= 0.3 is 0 Å². The molecule has 116 valence electrons. The first-order chi connectivity index (χ1) is 9.12. The molecule has 0 amide bonds. The van der Waals surface area contributed by atoms with Gasteiger partial charge < -0.3 is 19.5 Å². The topological polar surface area (TPSA) is 39.7 Å². The van der Waals surface area contributed by atoms with E-state index in [0.717, 1.165) is 18.7 Å². The fourth-order valence-electron chi connectivity index (χ4n) is 1.86. The number of hydrogen-bond acceptors (Lipinski definition) is 4. The fourth-order valence-corrected chi connectivity index (χ4v) is 1.86. The van der Waals surface area contributed by atoms with Crippen molar-refractivity contribution in [2.45, 2.75) is 26.8 Å². The first-order valence-corrected chi connectivity index (χ1v) is 6.62. The Morgan fingerprint density at radius 3 is 1.95 bits per heavy atom. The van der Waals surface area contributed by atoms with E-state index in [1.807, 2.05) is 12.1 Å². The predicted octanol–water partition coefficient (Wildman–Crippen LogP) is 3.27. The minimum Gasteiger partial charge on any atom is -0.493 e. The molecule has 0 aliphatic heterocycles. The second-order valence-corrected chi connectivity index (χ2v) is 4.89. The Labute approximate surface area is 128 Å². The molecule has 1 aromatic rings. The Kier molecular flexibility index (Phi) is 9.17. The summed E-state index contributed by atoms with van der Waals surface area (Å²) in [7, 11) is 4.88. The summed E-state index contributed by atoms with van der Waals surface area (Å²) in [6.45, 7) is 6.25. The van der Waals surface area contributed by atoms with Crippen molar-refractivity contribution in [3.8, 4) is 17.2 Å². The molecule has 4 nitrogen and oxygen atoms in total. The highest BCUT2D eigenvalue weighted by Gasteiger charge is 2.12. The molecule has 0 unspecified atom stereocenters. The number of nitrogens with one attached hydrogen (secondary N) is 1. The molecule has 0 heterocycles. The van der Waals surface area contributed by atoms with Crippen molar-refractivity contribution in [3.05, 3.63) is 17.7 Å². The Morgan fingerprint density at radius 1 is 1.00 bits per heavy atom. The smallest absolute Gasteiger partial charge is 0.203 e. The van der Waals surface area contributed by atoms with Crippen LogP contribution in [0.1, 0.15) is 25.8 Å². The van der Waals surface area contributed by atoms with Gasteiger partial charge in [-0.25, -0.2) is 0 Å². The van der Waals surface area contributed by atoms with Crippen LogP contribution in [0.3, 0.4) is 0 Å². The molecule has 0 aliphatic rings. The summed E-state index contributed by atoms with van der Waals surface area (Å²) in [4.78, 5) is 0. The van der Waals surface area contributed by atoms with E-state index in [0.29, 0.717) is 23.2 Å². The van der Waals surface area contributed by atoms with Crippen LogP contribution >= 0.6 is 12.4 Å². The third-order valence-electron chi connectivity index (χ3n) is 2.95. The molecule has 0 radical (unpaired) electrons. The number of benzene rings is 1. The van der Waals surface area contributed by atoms with E-state index in [1.54, 1.807) is 21.3 Å². The van der Waals surface area contributed by atoms with Gasteiger partial charge in [-0.15, -0.1) is 12.4 Å². The van der Waals surface area contributed by atoms with Crippen molar-refractivity contribution in [3.63, 3.8) is 0 Å². The maximum atomic E-state index is 5.33. The molecular weight excluding hydrogens is 278 g/mol. The lowest BCUT2D eigenvalue weighted by Gasteiger charge is -2.14. The van der Waals surface area contributed by atoms with E-state index in [-0.39, 0.29) is 12.4 Å². The molecule has 0 bridgehead atoms. The Bertz CT molecular complexity index is 372. The summed E-state index contributed by atoms with van der Waals surface area (Å²) < 4.78 is 16.0. The fraction of sp³-hybridized carbons (Fsp3) is 0.600. The maximum Gasteiger partial charge on any atom is 0.203 e. The van der Waals surface area contributed by atoms with Gasteiger partial charge in [0.05, 0.1) is 21.3 Å². The highest BCUT2D eigenvalue weighted by molar-refractivity contribution is 5.85. The van der Waals surface area contributed by atoms with Crippen LogP contribution in [-0.2, 0) is 6.54 Å². The number of methoxy groups -OCH3 is 3. The van der Waals surface area contributed by atoms with Gasteiger partial charge in [0.1, 0.15) is 0 Å². The molecule has 20 heavy (non-hydrogen) atoms. The van der Waals surface area contributed by atoms with Gasteiger partial charge in [0.2, 0.25) is 5.75 Å². The second kappa shape index (κ2) is 9.72. The summed E-state index contributed by atoms with van der Waals surface area (Å²) in [6.07, 6.45) is 1.17. The van der Waals surface area contributed by atoms with Crippen molar-refractivity contribution in [1.29, 1.82) is 0 Å². The van der Waals surface area contributed by atoms with Crippen molar-refractivity contribution < 1.29 is 14.2 Å². The Morgan fingerprint density at radius 2 is 1.55 bits per heavy atom. The van der Waals surface area contributed by atoms with Gasteiger partial charge in [-0.1, -0.05) is 13.8 Å². The maximum absolute atomic E-state index is 5.33. The van der Waals surface area contributed by atoms with E-state index < -0.39 is 0 Å². The van der Waals surface area contributed by atoms with E-state index in [4.69, 9.17) is 14.2 Å². The lowest BCUT2D eigenvalue weighted by atomic mass is 10.1. The van der Waals surface area contributed by atoms with Crippen molar-refractivity contribution in [2.75, 3.05) is 27.9 Å². The van der Waals surface area contributed by atoms with Crippen molar-refractivity contribution in [2.24, 2.45) is 5.92 Å². The van der Waals surface area contributed by atoms with Gasteiger partial charge in [0.25, 0.3) is 0 Å². The largest absolute Gasteiger partial charge is 0.493 e. The molecule has 0 fully saturated rings. The molecule has 0 atom stereocenters. The van der Waals surface area contributed by atoms with E-state index >= 15 is 0 Å². The minimum absolute atomic E-state index is 0. The molecule has 0 saturated carbocycles. The number of halogens is 1.